The third-order valence-corrected chi connectivity index (χ3v) is 1.83. The van der Waals surface area contributed by atoms with Crippen molar-refractivity contribution >= 4 is 5.95 Å². The minimum Gasteiger partial charge on any atom is -0.461 e. The van der Waals surface area contributed by atoms with E-state index in [2.05, 4.69) is 15.0 Å². The van der Waals surface area contributed by atoms with Crippen molar-refractivity contribution in [3.05, 3.63) is 0 Å². The van der Waals surface area contributed by atoms with Crippen LogP contribution in [0.2, 0.25) is 0 Å². The standard InChI is InChI=1S/C9H14N4O3/c1-5(2)15-8-11-7(10)12-9(13-8)16-6-3-14-4-6/h5-6H,3-4H2,1-2H3,(H2,10,11,12,13). The molecule has 0 amide bonds. The van der Waals surface area contributed by atoms with Crippen LogP contribution in [0.25, 0.3) is 0 Å². The van der Waals surface area contributed by atoms with E-state index in [4.69, 9.17) is 19.9 Å². The minimum absolute atomic E-state index is 0.00583. The van der Waals surface area contributed by atoms with Gasteiger partial charge in [0.1, 0.15) is 6.10 Å². The Labute approximate surface area is 93.0 Å². The first kappa shape index (κ1) is 10.9. The largest absolute Gasteiger partial charge is 0.461 e. The van der Waals surface area contributed by atoms with E-state index in [1.54, 1.807) is 0 Å². The third-order valence-electron chi connectivity index (χ3n) is 1.83. The van der Waals surface area contributed by atoms with Crippen molar-refractivity contribution in [3.63, 3.8) is 0 Å². The highest BCUT2D eigenvalue weighted by Gasteiger charge is 2.22. The molecule has 1 fully saturated rings. The summed E-state index contributed by atoms with van der Waals surface area (Å²) in [6, 6.07) is 0.356. The summed E-state index contributed by atoms with van der Waals surface area (Å²) in [6.45, 7) is 4.85. The lowest BCUT2D eigenvalue weighted by molar-refractivity contribution is -0.0833. The Hall–Kier alpha value is -1.63. The Kier molecular flexibility index (Phi) is 3.04. The molecule has 0 unspecified atom stereocenters. The van der Waals surface area contributed by atoms with E-state index in [0.29, 0.717) is 13.2 Å². The van der Waals surface area contributed by atoms with E-state index in [-0.39, 0.29) is 30.2 Å². The van der Waals surface area contributed by atoms with E-state index in [9.17, 15) is 0 Å². The van der Waals surface area contributed by atoms with Crippen LogP contribution >= 0.6 is 0 Å². The predicted molar refractivity (Wildman–Crippen MR) is 55.2 cm³/mol. The number of hydrogen-bond acceptors (Lipinski definition) is 7. The fourth-order valence-electron chi connectivity index (χ4n) is 1.10. The molecule has 0 aromatic carbocycles. The minimum atomic E-state index is -0.0262. The Morgan fingerprint density at radius 3 is 2.50 bits per heavy atom. The molecule has 1 aliphatic heterocycles. The lowest BCUT2D eigenvalue weighted by Gasteiger charge is -2.25. The van der Waals surface area contributed by atoms with Crippen LogP contribution in [0.15, 0.2) is 0 Å². The highest BCUT2D eigenvalue weighted by atomic mass is 16.6. The number of aromatic nitrogens is 3. The summed E-state index contributed by atoms with van der Waals surface area (Å²) < 4.78 is 15.7. The molecule has 0 saturated carbocycles. The van der Waals surface area contributed by atoms with Gasteiger partial charge < -0.3 is 19.9 Å². The number of nitrogens with zero attached hydrogens (tertiary/aromatic N) is 3. The average Bonchev–Trinajstić information content (AvgIpc) is 2.09. The quantitative estimate of drug-likeness (QED) is 0.773. The van der Waals surface area contributed by atoms with Gasteiger partial charge in [-0.1, -0.05) is 0 Å². The molecule has 16 heavy (non-hydrogen) atoms. The van der Waals surface area contributed by atoms with Crippen LogP contribution in [-0.4, -0.2) is 40.4 Å². The smallest absolute Gasteiger partial charge is 0.324 e. The van der Waals surface area contributed by atoms with Gasteiger partial charge in [-0.25, -0.2) is 0 Å². The van der Waals surface area contributed by atoms with Gasteiger partial charge in [0.25, 0.3) is 0 Å². The molecule has 2 rings (SSSR count). The number of nitrogen functional groups attached to an aromatic ring is 1. The molecule has 7 heteroatoms. The fourth-order valence-corrected chi connectivity index (χ4v) is 1.10. The van der Waals surface area contributed by atoms with Gasteiger partial charge in [0.15, 0.2) is 0 Å². The molecule has 1 aromatic heterocycles. The van der Waals surface area contributed by atoms with Crippen LogP contribution < -0.4 is 15.2 Å². The Bertz CT molecular complexity index is 368. The molecule has 0 aliphatic carbocycles. The number of ether oxygens (including phenoxy) is 3. The molecule has 1 saturated heterocycles. The molecular weight excluding hydrogens is 212 g/mol. The SMILES string of the molecule is CC(C)Oc1nc(N)nc(OC2COC2)n1. The van der Waals surface area contributed by atoms with Crippen molar-refractivity contribution in [2.75, 3.05) is 18.9 Å². The van der Waals surface area contributed by atoms with Gasteiger partial charge >= 0.3 is 12.0 Å². The van der Waals surface area contributed by atoms with Gasteiger partial charge in [-0.05, 0) is 13.8 Å². The summed E-state index contributed by atoms with van der Waals surface area (Å²) in [6.07, 6.45) is -0.0320. The maximum absolute atomic E-state index is 5.52. The van der Waals surface area contributed by atoms with E-state index in [1.807, 2.05) is 13.8 Å². The van der Waals surface area contributed by atoms with E-state index >= 15 is 0 Å². The lowest BCUT2D eigenvalue weighted by Crippen LogP contribution is -2.39. The molecule has 1 aliphatic rings. The summed E-state index contributed by atoms with van der Waals surface area (Å²) >= 11 is 0. The second kappa shape index (κ2) is 4.48. The molecule has 7 nitrogen and oxygen atoms in total. The zero-order valence-electron chi connectivity index (χ0n) is 9.21. The third kappa shape index (κ3) is 2.69. The molecule has 88 valence electrons. The number of hydrogen-bond donors (Lipinski definition) is 1. The monoisotopic (exact) mass is 226 g/mol. The fraction of sp³-hybridized carbons (Fsp3) is 0.667. The van der Waals surface area contributed by atoms with Gasteiger partial charge in [-0.2, -0.15) is 9.97 Å². The van der Waals surface area contributed by atoms with Crippen molar-refractivity contribution in [2.24, 2.45) is 0 Å². The molecule has 0 spiro atoms. The highest BCUT2D eigenvalue weighted by Crippen LogP contribution is 2.15. The topological polar surface area (TPSA) is 92.4 Å². The maximum Gasteiger partial charge on any atom is 0.324 e. The molecule has 0 radical (unpaired) electrons. The normalized spacial score (nSPS) is 15.9. The molecule has 0 atom stereocenters. The summed E-state index contributed by atoms with van der Waals surface area (Å²) in [5.74, 6) is 0.0842. The van der Waals surface area contributed by atoms with Gasteiger partial charge in [0.05, 0.1) is 19.3 Å². The number of nitrogens with two attached hydrogens (primary N) is 1. The van der Waals surface area contributed by atoms with Crippen molar-refractivity contribution in [3.8, 4) is 12.0 Å². The lowest BCUT2D eigenvalue weighted by atomic mass is 10.3. The second-order valence-electron chi connectivity index (χ2n) is 3.70. The summed E-state index contributed by atoms with van der Waals surface area (Å²) in [4.78, 5) is 11.7. The second-order valence-corrected chi connectivity index (χ2v) is 3.70. The molecule has 1 aromatic rings. The van der Waals surface area contributed by atoms with Crippen LogP contribution in [0.1, 0.15) is 13.8 Å². The summed E-state index contributed by atoms with van der Waals surface area (Å²) in [5, 5.41) is 0. The Morgan fingerprint density at radius 2 is 1.94 bits per heavy atom. The highest BCUT2D eigenvalue weighted by molar-refractivity contribution is 5.20. The van der Waals surface area contributed by atoms with Crippen LogP contribution in [-0.2, 0) is 4.74 Å². The van der Waals surface area contributed by atoms with Gasteiger partial charge in [0, 0.05) is 0 Å². The molecular formula is C9H14N4O3. The first-order chi connectivity index (χ1) is 7.63. The van der Waals surface area contributed by atoms with Crippen molar-refractivity contribution in [2.45, 2.75) is 26.1 Å². The molecule has 0 bridgehead atoms. The Balaban J connectivity index is 2.08. The van der Waals surface area contributed by atoms with Gasteiger partial charge in [-0.3, -0.25) is 0 Å². The summed E-state index contributed by atoms with van der Waals surface area (Å²) in [5.41, 5.74) is 5.52. The van der Waals surface area contributed by atoms with Crippen molar-refractivity contribution in [1.29, 1.82) is 0 Å². The van der Waals surface area contributed by atoms with E-state index < -0.39 is 0 Å². The predicted octanol–water partition coefficient (Wildman–Crippen LogP) is 0.0186. The number of rotatable bonds is 4. The van der Waals surface area contributed by atoms with Crippen LogP contribution in [0.5, 0.6) is 12.0 Å². The van der Waals surface area contributed by atoms with Gasteiger partial charge in [0.2, 0.25) is 5.95 Å². The van der Waals surface area contributed by atoms with Crippen LogP contribution in [0, 0.1) is 0 Å². The first-order valence-corrected chi connectivity index (χ1v) is 5.06. The molecule has 2 heterocycles. The van der Waals surface area contributed by atoms with E-state index in [1.165, 1.54) is 0 Å². The number of anilines is 1. The van der Waals surface area contributed by atoms with Crippen molar-refractivity contribution < 1.29 is 14.2 Å². The average molecular weight is 226 g/mol. The van der Waals surface area contributed by atoms with Crippen LogP contribution in [0.3, 0.4) is 0 Å². The van der Waals surface area contributed by atoms with Gasteiger partial charge in [-0.15, -0.1) is 4.98 Å². The van der Waals surface area contributed by atoms with Crippen LogP contribution in [0.4, 0.5) is 5.95 Å². The van der Waals surface area contributed by atoms with Crippen molar-refractivity contribution in [1.82, 2.24) is 15.0 Å². The zero-order valence-corrected chi connectivity index (χ0v) is 9.21. The van der Waals surface area contributed by atoms with E-state index in [0.717, 1.165) is 0 Å². The summed E-state index contributed by atoms with van der Waals surface area (Å²) in [7, 11) is 0. The first-order valence-electron chi connectivity index (χ1n) is 5.06. The maximum atomic E-state index is 5.52. The Morgan fingerprint density at radius 1 is 1.25 bits per heavy atom. The zero-order chi connectivity index (χ0) is 11.5. The molecule has 2 N–H and O–H groups in total.